The molecule has 0 aliphatic rings. The van der Waals surface area contributed by atoms with E-state index in [1.54, 1.807) is 0 Å². The number of hydrogen-bond donors (Lipinski definition) is 1. The highest BCUT2D eigenvalue weighted by Crippen LogP contribution is 2.17. The lowest BCUT2D eigenvalue weighted by Gasteiger charge is -2.15. The van der Waals surface area contributed by atoms with Gasteiger partial charge in [0, 0.05) is 19.0 Å². The van der Waals surface area contributed by atoms with Crippen LogP contribution in [0.2, 0.25) is 0 Å². The van der Waals surface area contributed by atoms with Crippen molar-refractivity contribution in [3.8, 4) is 5.88 Å². The number of rotatable bonds is 11. The summed E-state index contributed by atoms with van der Waals surface area (Å²) in [5.41, 5.74) is 0. The average molecular weight is 293 g/mol. The van der Waals surface area contributed by atoms with Crippen LogP contribution >= 0.6 is 0 Å². The van der Waals surface area contributed by atoms with Gasteiger partial charge in [-0.05, 0) is 33.1 Å². The molecule has 0 saturated heterocycles. The molecule has 1 atom stereocenters. The molecule has 0 radical (unpaired) electrons. The van der Waals surface area contributed by atoms with Crippen LogP contribution in [0, 0.1) is 0 Å². The van der Waals surface area contributed by atoms with E-state index < -0.39 is 0 Å². The summed E-state index contributed by atoms with van der Waals surface area (Å²) < 4.78 is 5.98. The van der Waals surface area contributed by atoms with Gasteiger partial charge in [0.25, 0.3) is 0 Å². The van der Waals surface area contributed by atoms with Crippen LogP contribution in [0.3, 0.4) is 0 Å². The molecule has 21 heavy (non-hydrogen) atoms. The summed E-state index contributed by atoms with van der Waals surface area (Å²) in [6.07, 6.45) is 8.32. The van der Waals surface area contributed by atoms with E-state index in [0.29, 0.717) is 5.88 Å². The van der Waals surface area contributed by atoms with Crippen molar-refractivity contribution in [2.24, 2.45) is 0 Å². The van der Waals surface area contributed by atoms with E-state index in [-0.39, 0.29) is 6.10 Å². The van der Waals surface area contributed by atoms with Crippen molar-refractivity contribution in [2.75, 3.05) is 11.9 Å². The Morgan fingerprint density at radius 3 is 2.57 bits per heavy atom. The molecule has 0 aliphatic heterocycles. The van der Waals surface area contributed by atoms with Crippen LogP contribution in [-0.2, 0) is 6.42 Å². The van der Waals surface area contributed by atoms with E-state index in [1.807, 2.05) is 6.07 Å². The fourth-order valence-corrected chi connectivity index (χ4v) is 2.26. The van der Waals surface area contributed by atoms with E-state index in [1.165, 1.54) is 25.7 Å². The Kier molecular flexibility index (Phi) is 8.79. The van der Waals surface area contributed by atoms with Crippen molar-refractivity contribution in [3.63, 3.8) is 0 Å². The molecule has 1 heterocycles. The molecule has 1 aromatic rings. The molecule has 0 amide bonds. The van der Waals surface area contributed by atoms with E-state index in [0.717, 1.165) is 37.4 Å². The van der Waals surface area contributed by atoms with Crippen molar-refractivity contribution in [2.45, 2.75) is 78.7 Å². The molecular weight excluding hydrogens is 262 g/mol. The quantitative estimate of drug-likeness (QED) is 0.606. The molecular formula is C17H31N3O. The topological polar surface area (TPSA) is 47.0 Å². The fraction of sp³-hybridized carbons (Fsp3) is 0.765. The number of hydrogen-bond acceptors (Lipinski definition) is 4. The predicted octanol–water partition coefficient (Wildman–Crippen LogP) is 4.60. The van der Waals surface area contributed by atoms with Crippen LogP contribution in [0.5, 0.6) is 5.88 Å². The van der Waals surface area contributed by atoms with Crippen LogP contribution in [0.4, 0.5) is 5.82 Å². The number of anilines is 1. The number of ether oxygens (including phenoxy) is 1. The molecule has 0 aliphatic carbocycles. The Balaban J connectivity index is 2.58. The normalized spacial score (nSPS) is 12.2. The smallest absolute Gasteiger partial charge is 0.218 e. The summed E-state index contributed by atoms with van der Waals surface area (Å²) in [6.45, 7) is 9.42. The van der Waals surface area contributed by atoms with Gasteiger partial charge in [-0.1, -0.05) is 33.1 Å². The van der Waals surface area contributed by atoms with Crippen LogP contribution in [0.15, 0.2) is 6.07 Å². The van der Waals surface area contributed by atoms with E-state index in [4.69, 9.17) is 4.74 Å². The molecule has 4 heteroatoms. The second kappa shape index (κ2) is 10.4. The molecule has 1 N–H and O–H groups in total. The summed E-state index contributed by atoms with van der Waals surface area (Å²) in [7, 11) is 0. The van der Waals surface area contributed by atoms with Crippen molar-refractivity contribution >= 4 is 5.82 Å². The van der Waals surface area contributed by atoms with Crippen LogP contribution < -0.4 is 10.1 Å². The van der Waals surface area contributed by atoms with Gasteiger partial charge in [0.15, 0.2) is 0 Å². The van der Waals surface area contributed by atoms with Crippen molar-refractivity contribution < 1.29 is 4.74 Å². The summed E-state index contributed by atoms with van der Waals surface area (Å²) in [5, 5.41) is 3.25. The molecule has 4 nitrogen and oxygen atoms in total. The molecule has 1 unspecified atom stereocenters. The molecule has 0 bridgehead atoms. The maximum atomic E-state index is 5.98. The average Bonchev–Trinajstić information content (AvgIpc) is 2.44. The minimum absolute atomic E-state index is 0.209. The number of nitrogens with zero attached hydrogens (tertiary/aromatic N) is 2. The molecule has 1 rings (SSSR count). The number of aryl methyl sites for hydroxylation is 1. The Hall–Kier alpha value is -1.32. The fourth-order valence-electron chi connectivity index (χ4n) is 2.26. The van der Waals surface area contributed by atoms with Gasteiger partial charge in [0.05, 0.1) is 6.10 Å². The molecule has 0 aromatic carbocycles. The van der Waals surface area contributed by atoms with Gasteiger partial charge in [-0.2, -0.15) is 4.98 Å². The zero-order valence-corrected chi connectivity index (χ0v) is 14.1. The van der Waals surface area contributed by atoms with Crippen molar-refractivity contribution in [3.05, 3.63) is 11.9 Å². The maximum absolute atomic E-state index is 5.98. The van der Waals surface area contributed by atoms with Gasteiger partial charge in [0.2, 0.25) is 5.88 Å². The Labute approximate surface area is 129 Å². The van der Waals surface area contributed by atoms with Crippen LogP contribution in [0.25, 0.3) is 0 Å². The first-order chi connectivity index (χ1) is 10.2. The number of unbranched alkanes of at least 4 members (excludes halogenated alkanes) is 3. The minimum atomic E-state index is 0.209. The molecule has 1 aromatic heterocycles. The minimum Gasteiger partial charge on any atom is -0.475 e. The van der Waals surface area contributed by atoms with E-state index >= 15 is 0 Å². The number of aromatic nitrogens is 2. The highest BCUT2D eigenvalue weighted by Gasteiger charge is 2.09. The second-order valence-corrected chi connectivity index (χ2v) is 5.57. The summed E-state index contributed by atoms with van der Waals surface area (Å²) in [6, 6.07) is 1.91. The van der Waals surface area contributed by atoms with E-state index in [9.17, 15) is 0 Å². The van der Waals surface area contributed by atoms with Crippen LogP contribution in [0.1, 0.15) is 72.0 Å². The standard InChI is InChI=1S/C17H31N3O/c1-5-8-9-10-12-14(4)21-17-13-16(18-7-3)19-15(20-17)11-6-2/h13-14H,5-12H2,1-4H3,(H,18,19,20). The SMILES string of the molecule is CCCCCCC(C)Oc1cc(NCC)nc(CCC)n1. The van der Waals surface area contributed by atoms with Gasteiger partial charge in [-0.15, -0.1) is 0 Å². The lowest BCUT2D eigenvalue weighted by atomic mass is 10.1. The van der Waals surface area contributed by atoms with Gasteiger partial charge in [-0.25, -0.2) is 4.98 Å². The van der Waals surface area contributed by atoms with Crippen molar-refractivity contribution in [1.29, 1.82) is 0 Å². The molecule has 120 valence electrons. The lowest BCUT2D eigenvalue weighted by molar-refractivity contribution is 0.197. The third kappa shape index (κ3) is 7.30. The predicted molar refractivity (Wildman–Crippen MR) is 89.0 cm³/mol. The van der Waals surface area contributed by atoms with Gasteiger partial charge < -0.3 is 10.1 Å². The first-order valence-corrected chi connectivity index (χ1v) is 8.48. The van der Waals surface area contributed by atoms with Crippen molar-refractivity contribution in [1.82, 2.24) is 9.97 Å². The highest BCUT2D eigenvalue weighted by molar-refractivity contribution is 5.38. The third-order valence-corrected chi connectivity index (χ3v) is 3.37. The third-order valence-electron chi connectivity index (χ3n) is 3.37. The Morgan fingerprint density at radius 2 is 1.90 bits per heavy atom. The second-order valence-electron chi connectivity index (χ2n) is 5.57. The van der Waals surface area contributed by atoms with E-state index in [2.05, 4.69) is 43.0 Å². The number of nitrogens with one attached hydrogen (secondary N) is 1. The van der Waals surface area contributed by atoms with Crippen LogP contribution in [-0.4, -0.2) is 22.6 Å². The Bertz CT molecular complexity index is 371. The Morgan fingerprint density at radius 1 is 1.10 bits per heavy atom. The zero-order valence-electron chi connectivity index (χ0n) is 14.1. The summed E-state index contributed by atoms with van der Waals surface area (Å²) in [5.74, 6) is 2.43. The van der Waals surface area contributed by atoms with Gasteiger partial charge in [0.1, 0.15) is 11.6 Å². The maximum Gasteiger partial charge on any atom is 0.218 e. The monoisotopic (exact) mass is 293 g/mol. The zero-order chi connectivity index (χ0) is 15.5. The lowest BCUT2D eigenvalue weighted by Crippen LogP contribution is -2.14. The molecule has 0 saturated carbocycles. The summed E-state index contributed by atoms with van der Waals surface area (Å²) >= 11 is 0. The molecule has 0 fully saturated rings. The first kappa shape index (κ1) is 17.7. The largest absolute Gasteiger partial charge is 0.475 e. The summed E-state index contributed by atoms with van der Waals surface area (Å²) in [4.78, 5) is 9.02. The van der Waals surface area contributed by atoms with Gasteiger partial charge >= 0.3 is 0 Å². The first-order valence-electron chi connectivity index (χ1n) is 8.48. The molecule has 0 spiro atoms. The highest BCUT2D eigenvalue weighted by atomic mass is 16.5. The van der Waals surface area contributed by atoms with Gasteiger partial charge in [-0.3, -0.25) is 0 Å².